The standard InChI is InChI=1S/C19H26N2O4S2/c1-14-10-17(11-15(2)19(14)24-3)27(22,23)20-12-18(16-4-9-26-13-16)21-5-7-25-8-6-21/h4,9-11,13,18,20H,5-8,12H2,1-3H3/t18-/m0/s1. The smallest absolute Gasteiger partial charge is 0.240 e. The van der Waals surface area contributed by atoms with E-state index in [0.717, 1.165) is 35.5 Å². The lowest BCUT2D eigenvalue weighted by Crippen LogP contribution is -2.43. The Hall–Kier alpha value is -1.45. The fourth-order valence-corrected chi connectivity index (χ4v) is 5.39. The van der Waals surface area contributed by atoms with E-state index in [0.29, 0.717) is 19.8 Å². The van der Waals surface area contributed by atoms with Crippen molar-refractivity contribution in [1.29, 1.82) is 0 Å². The van der Waals surface area contributed by atoms with E-state index in [1.165, 1.54) is 0 Å². The van der Waals surface area contributed by atoms with Crippen molar-refractivity contribution < 1.29 is 17.9 Å². The third kappa shape index (κ3) is 4.70. The number of hydrogen-bond donors (Lipinski definition) is 1. The maximum atomic E-state index is 12.9. The fraction of sp³-hybridized carbons (Fsp3) is 0.474. The van der Waals surface area contributed by atoms with E-state index in [1.807, 2.05) is 19.2 Å². The molecule has 8 heteroatoms. The number of sulfonamides is 1. The van der Waals surface area contributed by atoms with Crippen LogP contribution in [0.1, 0.15) is 22.7 Å². The van der Waals surface area contributed by atoms with E-state index < -0.39 is 10.0 Å². The molecule has 0 bridgehead atoms. The number of nitrogens with zero attached hydrogens (tertiary/aromatic N) is 1. The number of methoxy groups -OCH3 is 1. The van der Waals surface area contributed by atoms with Crippen molar-refractivity contribution in [3.63, 3.8) is 0 Å². The Morgan fingerprint density at radius 3 is 2.48 bits per heavy atom. The molecule has 1 aliphatic rings. The molecule has 0 amide bonds. The Balaban J connectivity index is 1.80. The monoisotopic (exact) mass is 410 g/mol. The molecule has 1 aromatic heterocycles. The highest BCUT2D eigenvalue weighted by atomic mass is 32.2. The van der Waals surface area contributed by atoms with Crippen LogP contribution in [0.15, 0.2) is 33.9 Å². The van der Waals surface area contributed by atoms with Crippen LogP contribution in [0.5, 0.6) is 5.75 Å². The van der Waals surface area contributed by atoms with Gasteiger partial charge in [0.2, 0.25) is 10.0 Å². The second kappa shape index (κ2) is 8.70. The molecule has 1 aromatic carbocycles. The normalized spacial score (nSPS) is 17.0. The lowest BCUT2D eigenvalue weighted by molar-refractivity contribution is 0.0173. The average molecular weight is 411 g/mol. The number of aryl methyl sites for hydroxylation is 2. The van der Waals surface area contributed by atoms with E-state index in [-0.39, 0.29) is 10.9 Å². The van der Waals surface area contributed by atoms with Crippen LogP contribution in [0.3, 0.4) is 0 Å². The molecule has 2 aromatic rings. The Morgan fingerprint density at radius 1 is 1.26 bits per heavy atom. The Kier molecular flexibility index (Phi) is 6.54. The molecule has 3 rings (SSSR count). The number of nitrogens with one attached hydrogen (secondary N) is 1. The number of hydrogen-bond acceptors (Lipinski definition) is 6. The molecule has 0 saturated carbocycles. The summed E-state index contributed by atoms with van der Waals surface area (Å²) in [5.41, 5.74) is 2.74. The van der Waals surface area contributed by atoms with Crippen molar-refractivity contribution in [2.75, 3.05) is 40.0 Å². The summed E-state index contributed by atoms with van der Waals surface area (Å²) in [6.45, 7) is 6.96. The van der Waals surface area contributed by atoms with Gasteiger partial charge in [0, 0.05) is 25.7 Å². The molecule has 0 radical (unpaired) electrons. The van der Waals surface area contributed by atoms with Gasteiger partial charge in [0.1, 0.15) is 5.75 Å². The van der Waals surface area contributed by atoms with E-state index in [4.69, 9.17) is 9.47 Å². The van der Waals surface area contributed by atoms with Crippen LogP contribution in [0.4, 0.5) is 0 Å². The van der Waals surface area contributed by atoms with Gasteiger partial charge in [0.25, 0.3) is 0 Å². The maximum Gasteiger partial charge on any atom is 0.240 e. The highest BCUT2D eigenvalue weighted by molar-refractivity contribution is 7.89. The topological polar surface area (TPSA) is 67.9 Å². The van der Waals surface area contributed by atoms with Gasteiger partial charge in [-0.3, -0.25) is 4.90 Å². The Bertz CT molecular complexity index is 837. The summed E-state index contributed by atoms with van der Waals surface area (Å²) in [7, 11) is -2.02. The molecular weight excluding hydrogens is 384 g/mol. The molecular formula is C19H26N2O4S2. The maximum absolute atomic E-state index is 12.9. The zero-order valence-electron chi connectivity index (χ0n) is 15.9. The second-order valence-electron chi connectivity index (χ2n) is 6.66. The van der Waals surface area contributed by atoms with Crippen molar-refractivity contribution in [1.82, 2.24) is 9.62 Å². The molecule has 1 fully saturated rings. The van der Waals surface area contributed by atoms with Crippen LogP contribution in [0.25, 0.3) is 0 Å². The minimum atomic E-state index is -3.62. The van der Waals surface area contributed by atoms with Gasteiger partial charge in [0.15, 0.2) is 0 Å². The summed E-state index contributed by atoms with van der Waals surface area (Å²) in [5.74, 6) is 0.721. The van der Waals surface area contributed by atoms with Crippen LogP contribution in [-0.4, -0.2) is 53.3 Å². The average Bonchev–Trinajstić information content (AvgIpc) is 3.17. The summed E-state index contributed by atoms with van der Waals surface area (Å²) in [5, 5.41) is 4.10. The number of thiophene rings is 1. The highest BCUT2D eigenvalue weighted by Gasteiger charge is 2.26. The van der Waals surface area contributed by atoms with Gasteiger partial charge in [-0.1, -0.05) is 0 Å². The lowest BCUT2D eigenvalue weighted by Gasteiger charge is -2.34. The van der Waals surface area contributed by atoms with Crippen LogP contribution >= 0.6 is 11.3 Å². The van der Waals surface area contributed by atoms with Crippen LogP contribution in [0, 0.1) is 13.8 Å². The molecule has 27 heavy (non-hydrogen) atoms. The zero-order chi connectivity index (χ0) is 19.4. The quantitative estimate of drug-likeness (QED) is 0.760. The number of ether oxygens (including phenoxy) is 2. The van der Waals surface area contributed by atoms with Crippen molar-refractivity contribution in [2.45, 2.75) is 24.8 Å². The van der Waals surface area contributed by atoms with Crippen molar-refractivity contribution in [3.8, 4) is 5.75 Å². The first kappa shape index (κ1) is 20.3. The Morgan fingerprint density at radius 2 is 1.93 bits per heavy atom. The van der Waals surface area contributed by atoms with E-state index >= 15 is 0 Å². The van der Waals surface area contributed by atoms with Gasteiger partial charge in [-0.25, -0.2) is 13.1 Å². The third-order valence-corrected chi connectivity index (χ3v) is 6.93. The first-order chi connectivity index (χ1) is 12.9. The minimum Gasteiger partial charge on any atom is -0.496 e. The predicted octanol–water partition coefficient (Wildman–Crippen LogP) is 2.73. The Labute approximate surface area is 165 Å². The highest BCUT2D eigenvalue weighted by Crippen LogP contribution is 2.27. The molecule has 1 saturated heterocycles. The van der Waals surface area contributed by atoms with Crippen LogP contribution < -0.4 is 9.46 Å². The molecule has 1 aliphatic heterocycles. The van der Waals surface area contributed by atoms with Crippen LogP contribution in [-0.2, 0) is 14.8 Å². The van der Waals surface area contributed by atoms with Gasteiger partial charge >= 0.3 is 0 Å². The van der Waals surface area contributed by atoms with Gasteiger partial charge in [-0.05, 0) is 59.5 Å². The van der Waals surface area contributed by atoms with E-state index in [1.54, 1.807) is 30.6 Å². The minimum absolute atomic E-state index is 0.00429. The SMILES string of the molecule is COc1c(C)cc(S(=O)(=O)NC[C@@H](c2ccsc2)N2CCOCC2)cc1C. The molecule has 1 atom stereocenters. The third-order valence-electron chi connectivity index (χ3n) is 4.83. The number of rotatable bonds is 7. The fourth-order valence-electron chi connectivity index (χ4n) is 3.47. The zero-order valence-corrected chi connectivity index (χ0v) is 17.5. The van der Waals surface area contributed by atoms with Crippen molar-refractivity contribution in [2.24, 2.45) is 0 Å². The van der Waals surface area contributed by atoms with E-state index in [2.05, 4.69) is 21.1 Å². The molecule has 6 nitrogen and oxygen atoms in total. The van der Waals surface area contributed by atoms with Gasteiger partial charge in [-0.15, -0.1) is 0 Å². The van der Waals surface area contributed by atoms with Crippen molar-refractivity contribution in [3.05, 3.63) is 45.6 Å². The summed E-state index contributed by atoms with van der Waals surface area (Å²) in [6, 6.07) is 5.36. The molecule has 2 heterocycles. The summed E-state index contributed by atoms with van der Waals surface area (Å²) in [4.78, 5) is 2.54. The summed E-state index contributed by atoms with van der Waals surface area (Å²) < 4.78 is 39.4. The second-order valence-corrected chi connectivity index (χ2v) is 9.21. The van der Waals surface area contributed by atoms with Gasteiger partial charge in [0.05, 0.1) is 25.2 Å². The molecule has 0 aliphatic carbocycles. The van der Waals surface area contributed by atoms with Crippen molar-refractivity contribution >= 4 is 21.4 Å². The van der Waals surface area contributed by atoms with E-state index in [9.17, 15) is 8.42 Å². The number of morpholine rings is 1. The first-order valence-electron chi connectivity index (χ1n) is 8.91. The largest absolute Gasteiger partial charge is 0.496 e. The van der Waals surface area contributed by atoms with Crippen LogP contribution in [0.2, 0.25) is 0 Å². The van der Waals surface area contributed by atoms with Gasteiger partial charge < -0.3 is 9.47 Å². The number of benzene rings is 1. The first-order valence-corrected chi connectivity index (χ1v) is 11.3. The molecule has 1 N–H and O–H groups in total. The lowest BCUT2D eigenvalue weighted by atomic mass is 10.1. The summed E-state index contributed by atoms with van der Waals surface area (Å²) in [6.07, 6.45) is 0. The molecule has 0 spiro atoms. The predicted molar refractivity (Wildman–Crippen MR) is 107 cm³/mol. The molecule has 0 unspecified atom stereocenters. The van der Waals surface area contributed by atoms with Gasteiger partial charge in [-0.2, -0.15) is 11.3 Å². The molecule has 148 valence electrons. The summed E-state index contributed by atoms with van der Waals surface area (Å²) >= 11 is 1.62.